The Hall–Kier alpha value is 0.0325. The Morgan fingerprint density at radius 3 is 1.86 bits per heavy atom. The molecule has 0 rings (SSSR count). The lowest BCUT2D eigenvalue weighted by molar-refractivity contribution is -0.113. The van der Waals surface area contributed by atoms with Crippen molar-refractivity contribution in [2.24, 2.45) is 5.73 Å². The van der Waals surface area contributed by atoms with E-state index in [2.05, 4.69) is 12.3 Å². The number of rotatable bonds is 1. The van der Waals surface area contributed by atoms with Gasteiger partial charge in [-0.2, -0.15) is 0 Å². The highest BCUT2D eigenvalue weighted by molar-refractivity contribution is 5.85. The van der Waals surface area contributed by atoms with E-state index in [0.717, 1.165) is 6.08 Å². The predicted molar refractivity (Wildman–Crippen MR) is 36.6 cm³/mol. The highest BCUT2D eigenvalue weighted by Crippen LogP contribution is 1.48. The van der Waals surface area contributed by atoms with E-state index in [0.29, 0.717) is 0 Å². The van der Waals surface area contributed by atoms with Crippen LogP contribution in [0.1, 0.15) is 0 Å². The van der Waals surface area contributed by atoms with Crippen LogP contribution in [0.4, 0.5) is 0 Å². The summed E-state index contributed by atoms with van der Waals surface area (Å²) in [5.41, 5.74) is 4.53. The van der Waals surface area contributed by atoms with E-state index in [1.54, 1.807) is 0 Å². The van der Waals surface area contributed by atoms with E-state index in [9.17, 15) is 4.79 Å². The molecule has 2 N–H and O–H groups in total. The standard InChI is InChI=1S/C3H5NO.Al.ClH.3H/c1-2-3(4)5;;;;;/h2H,1H2,(H2,4,5);;1H;;;. The lowest BCUT2D eigenvalue weighted by Crippen LogP contribution is -2.04. The lowest BCUT2D eigenvalue weighted by atomic mass is 10.6. The number of carbonyl (C=O) groups excluding carboxylic acids is 1. The van der Waals surface area contributed by atoms with Gasteiger partial charge in [-0.15, -0.1) is 12.4 Å². The topological polar surface area (TPSA) is 43.1 Å². The van der Waals surface area contributed by atoms with Gasteiger partial charge in [0, 0.05) is 0 Å². The van der Waals surface area contributed by atoms with E-state index in [1.165, 1.54) is 0 Å². The van der Waals surface area contributed by atoms with Crippen molar-refractivity contribution in [1.29, 1.82) is 0 Å². The number of hydrogen-bond acceptors (Lipinski definition) is 1. The second kappa shape index (κ2) is 9.40. The fraction of sp³-hybridized carbons (Fsp3) is 0. The summed E-state index contributed by atoms with van der Waals surface area (Å²) in [6.45, 7) is 3.09. The first kappa shape index (κ1) is 15.7. The molecule has 0 saturated carbocycles. The Kier molecular flexibility index (Phi) is 21.1. The monoisotopic (exact) mass is 137 g/mol. The van der Waals surface area contributed by atoms with Crippen molar-refractivity contribution >= 4 is 35.7 Å². The van der Waals surface area contributed by atoms with Gasteiger partial charge in [-0.05, 0) is 6.08 Å². The molecule has 0 aliphatic heterocycles. The second-order valence-electron chi connectivity index (χ2n) is 0.606. The van der Waals surface area contributed by atoms with Crippen molar-refractivity contribution < 1.29 is 4.79 Å². The van der Waals surface area contributed by atoms with Gasteiger partial charge in [0.25, 0.3) is 0 Å². The second-order valence-corrected chi connectivity index (χ2v) is 0.606. The zero-order chi connectivity index (χ0) is 4.28. The molecule has 42 valence electrons. The molecular weight excluding hydrogens is 128 g/mol. The van der Waals surface area contributed by atoms with E-state index >= 15 is 0 Å². The number of halogens is 1. The first-order chi connectivity index (χ1) is 2.27. The molecule has 0 aliphatic carbocycles. The Morgan fingerprint density at radius 1 is 1.71 bits per heavy atom. The minimum absolute atomic E-state index is 0. The van der Waals surface area contributed by atoms with Gasteiger partial charge in [0.2, 0.25) is 5.91 Å². The SMILES string of the molecule is C=CC(N)=O.Cl.[AlH3]. The Labute approximate surface area is 59.3 Å². The molecule has 0 bridgehead atoms. The number of nitrogens with two attached hydrogens (primary N) is 1. The van der Waals surface area contributed by atoms with Gasteiger partial charge >= 0.3 is 0 Å². The summed E-state index contributed by atoms with van der Waals surface area (Å²) in [6, 6.07) is 0. The predicted octanol–water partition coefficient (Wildman–Crippen LogP) is -1.10. The van der Waals surface area contributed by atoms with Gasteiger partial charge in [-0.25, -0.2) is 0 Å². The summed E-state index contributed by atoms with van der Waals surface area (Å²) in [7, 11) is 0. The summed E-state index contributed by atoms with van der Waals surface area (Å²) in [4.78, 5) is 9.47. The van der Waals surface area contributed by atoms with Crippen LogP contribution in [-0.4, -0.2) is 23.3 Å². The maximum Gasteiger partial charge on any atom is 0.240 e. The van der Waals surface area contributed by atoms with E-state index in [-0.39, 0.29) is 29.8 Å². The van der Waals surface area contributed by atoms with Crippen LogP contribution in [0, 0.1) is 0 Å². The largest absolute Gasteiger partial charge is 0.366 e. The van der Waals surface area contributed by atoms with E-state index in [1.807, 2.05) is 0 Å². The zero-order valence-corrected chi connectivity index (χ0v) is 3.99. The van der Waals surface area contributed by atoms with Gasteiger partial charge < -0.3 is 5.73 Å². The lowest BCUT2D eigenvalue weighted by Gasteiger charge is -1.65. The molecule has 1 amide bonds. The van der Waals surface area contributed by atoms with Crippen LogP contribution < -0.4 is 5.73 Å². The third-order valence-electron chi connectivity index (χ3n) is 0.201. The van der Waals surface area contributed by atoms with Crippen molar-refractivity contribution in [2.45, 2.75) is 0 Å². The summed E-state index contributed by atoms with van der Waals surface area (Å²) >= 11 is 0. The van der Waals surface area contributed by atoms with Gasteiger partial charge in [-0.1, -0.05) is 6.58 Å². The molecule has 0 spiro atoms. The molecule has 7 heavy (non-hydrogen) atoms. The molecule has 0 aromatic rings. The van der Waals surface area contributed by atoms with Gasteiger partial charge in [0.1, 0.15) is 0 Å². The first-order valence-corrected chi connectivity index (χ1v) is 1.19. The molecule has 0 aliphatic rings. The minimum atomic E-state index is -0.481. The molecule has 0 atom stereocenters. The molecule has 0 fully saturated rings. The Balaban J connectivity index is -0.0000000800. The molecule has 0 saturated heterocycles. The van der Waals surface area contributed by atoms with Crippen molar-refractivity contribution in [3.63, 3.8) is 0 Å². The Bertz CT molecular complexity index is 66.0. The number of amides is 1. The molecule has 0 unspecified atom stereocenters. The fourth-order valence-corrected chi connectivity index (χ4v) is 0. The molecular formula is C3H9AlClNO. The zero-order valence-electron chi connectivity index (χ0n) is 3.18. The third kappa shape index (κ3) is 23.7. The van der Waals surface area contributed by atoms with Crippen LogP contribution >= 0.6 is 12.4 Å². The van der Waals surface area contributed by atoms with Crippen molar-refractivity contribution in [2.75, 3.05) is 0 Å². The van der Waals surface area contributed by atoms with E-state index < -0.39 is 5.91 Å². The minimum Gasteiger partial charge on any atom is -0.366 e. The summed E-state index contributed by atoms with van der Waals surface area (Å²) in [5.74, 6) is -0.481. The maximum atomic E-state index is 9.47. The van der Waals surface area contributed by atoms with Crippen LogP contribution in [0.3, 0.4) is 0 Å². The Morgan fingerprint density at radius 2 is 1.86 bits per heavy atom. The van der Waals surface area contributed by atoms with Crippen molar-refractivity contribution in [3.8, 4) is 0 Å². The number of hydrogen-bond donors (Lipinski definition) is 1. The van der Waals surface area contributed by atoms with Crippen LogP contribution in [0.5, 0.6) is 0 Å². The van der Waals surface area contributed by atoms with Crippen LogP contribution in [0.25, 0.3) is 0 Å². The molecule has 2 nitrogen and oxygen atoms in total. The summed E-state index contributed by atoms with van der Waals surface area (Å²) in [6.07, 6.45) is 1.06. The molecule has 4 heteroatoms. The number of carbonyl (C=O) groups is 1. The van der Waals surface area contributed by atoms with Gasteiger partial charge in [0.05, 0.1) is 0 Å². The molecule has 0 radical (unpaired) electrons. The van der Waals surface area contributed by atoms with E-state index in [4.69, 9.17) is 0 Å². The van der Waals surface area contributed by atoms with Crippen LogP contribution in [-0.2, 0) is 4.79 Å². The van der Waals surface area contributed by atoms with Crippen molar-refractivity contribution in [3.05, 3.63) is 12.7 Å². The highest BCUT2D eigenvalue weighted by Gasteiger charge is 1.69. The third-order valence-corrected chi connectivity index (χ3v) is 0.201. The first-order valence-electron chi connectivity index (χ1n) is 1.19. The molecule has 0 heterocycles. The molecule has 0 aromatic carbocycles. The number of primary amides is 1. The maximum absolute atomic E-state index is 9.47. The average molecular weight is 138 g/mol. The van der Waals surface area contributed by atoms with Crippen LogP contribution in [0.2, 0.25) is 0 Å². The highest BCUT2D eigenvalue weighted by atomic mass is 35.5. The summed E-state index contributed by atoms with van der Waals surface area (Å²) < 4.78 is 0. The van der Waals surface area contributed by atoms with Gasteiger partial charge in [-0.3, -0.25) is 4.79 Å². The quantitative estimate of drug-likeness (QED) is 0.362. The smallest absolute Gasteiger partial charge is 0.240 e. The van der Waals surface area contributed by atoms with Gasteiger partial charge in [0.15, 0.2) is 17.4 Å². The summed E-state index contributed by atoms with van der Waals surface area (Å²) in [5, 5.41) is 0. The normalized spacial score (nSPS) is 4.57. The molecule has 0 aromatic heterocycles. The average Bonchev–Trinajstić information content (AvgIpc) is 1.38. The fourth-order valence-electron chi connectivity index (χ4n) is 0. The van der Waals surface area contributed by atoms with Crippen LogP contribution in [0.15, 0.2) is 12.7 Å². The van der Waals surface area contributed by atoms with Crippen molar-refractivity contribution in [1.82, 2.24) is 0 Å².